The summed E-state index contributed by atoms with van der Waals surface area (Å²) in [4.78, 5) is 22.7. The fourth-order valence-electron chi connectivity index (χ4n) is 1.95. The van der Waals surface area contributed by atoms with Gasteiger partial charge < -0.3 is 21.1 Å². The monoisotopic (exact) mass is 368 g/mol. The molecule has 8 nitrogen and oxygen atoms in total. The first-order chi connectivity index (χ1) is 11.4. The standard InChI is InChI=1S/C16H24N4O4S/c1-9(2)13(19-15(21)24-16(3,4)5)14(25)18-12-8-10(20(22)23)6-7-11(12)17/h6-9,13H,17H2,1-5H3,(H,18,25)(H,19,21)/t13-/m0/s1. The van der Waals surface area contributed by atoms with Gasteiger partial charge in [-0.05, 0) is 32.8 Å². The predicted octanol–water partition coefficient (Wildman–Crippen LogP) is 3.47. The number of nitro groups is 1. The van der Waals surface area contributed by atoms with Crippen molar-refractivity contribution in [3.05, 3.63) is 28.3 Å². The van der Waals surface area contributed by atoms with Crippen molar-refractivity contribution in [2.45, 2.75) is 46.3 Å². The third kappa shape index (κ3) is 6.54. The highest BCUT2D eigenvalue weighted by Crippen LogP contribution is 2.25. The molecule has 0 radical (unpaired) electrons. The minimum Gasteiger partial charge on any atom is -0.444 e. The molecule has 1 amide bonds. The Kier molecular flexibility index (Phi) is 6.69. The van der Waals surface area contributed by atoms with E-state index >= 15 is 0 Å². The average Bonchev–Trinajstić information content (AvgIpc) is 2.44. The van der Waals surface area contributed by atoms with Crippen LogP contribution in [0.1, 0.15) is 34.6 Å². The van der Waals surface area contributed by atoms with Crippen LogP contribution in [0.5, 0.6) is 0 Å². The van der Waals surface area contributed by atoms with Gasteiger partial charge in [0, 0.05) is 12.1 Å². The van der Waals surface area contributed by atoms with E-state index in [2.05, 4.69) is 10.6 Å². The molecular formula is C16H24N4O4S. The molecule has 0 fully saturated rings. The van der Waals surface area contributed by atoms with Crippen molar-refractivity contribution < 1.29 is 14.5 Å². The van der Waals surface area contributed by atoms with Gasteiger partial charge in [0.15, 0.2) is 0 Å². The van der Waals surface area contributed by atoms with Crippen LogP contribution in [0.2, 0.25) is 0 Å². The van der Waals surface area contributed by atoms with Gasteiger partial charge in [0.05, 0.1) is 22.3 Å². The molecule has 0 aliphatic heterocycles. The molecule has 9 heteroatoms. The number of nitrogen functional groups attached to an aromatic ring is 1. The van der Waals surface area contributed by atoms with Crippen molar-refractivity contribution in [2.75, 3.05) is 11.1 Å². The van der Waals surface area contributed by atoms with Gasteiger partial charge in [0.1, 0.15) is 10.6 Å². The average molecular weight is 368 g/mol. The number of anilines is 2. The Morgan fingerprint density at radius 1 is 1.36 bits per heavy atom. The minimum absolute atomic E-state index is 0.0348. The summed E-state index contributed by atoms with van der Waals surface area (Å²) in [6.07, 6.45) is -0.595. The Morgan fingerprint density at radius 3 is 2.44 bits per heavy atom. The summed E-state index contributed by atoms with van der Waals surface area (Å²) in [5, 5.41) is 16.5. The number of benzene rings is 1. The molecule has 4 N–H and O–H groups in total. The smallest absolute Gasteiger partial charge is 0.408 e. The van der Waals surface area contributed by atoms with Gasteiger partial charge in [-0.2, -0.15) is 0 Å². The van der Waals surface area contributed by atoms with E-state index in [4.69, 9.17) is 22.7 Å². The number of nitrogens with zero attached hydrogens (tertiary/aromatic N) is 1. The number of hydrogen-bond acceptors (Lipinski definition) is 6. The van der Waals surface area contributed by atoms with Crippen molar-refractivity contribution in [3.63, 3.8) is 0 Å². The summed E-state index contributed by atoms with van der Waals surface area (Å²) >= 11 is 5.36. The van der Waals surface area contributed by atoms with Crippen LogP contribution in [-0.4, -0.2) is 27.6 Å². The zero-order chi connectivity index (χ0) is 19.4. The normalized spacial score (nSPS) is 12.4. The van der Waals surface area contributed by atoms with Crippen LogP contribution in [0, 0.1) is 16.0 Å². The van der Waals surface area contributed by atoms with Gasteiger partial charge in [0.25, 0.3) is 5.69 Å². The first-order valence-electron chi connectivity index (χ1n) is 7.75. The molecule has 1 rings (SSSR count). The SMILES string of the molecule is CC(C)[C@H](NC(=O)OC(C)(C)C)C(=S)Nc1cc([N+](=O)[O-])ccc1N. The van der Waals surface area contributed by atoms with Crippen LogP contribution < -0.4 is 16.4 Å². The van der Waals surface area contributed by atoms with Crippen molar-refractivity contribution >= 4 is 40.4 Å². The van der Waals surface area contributed by atoms with Gasteiger partial charge in [-0.25, -0.2) is 4.79 Å². The van der Waals surface area contributed by atoms with Gasteiger partial charge in [-0.1, -0.05) is 26.1 Å². The summed E-state index contributed by atoms with van der Waals surface area (Å²) in [5.41, 5.74) is 5.73. The molecule has 1 aromatic carbocycles. The number of carbonyl (C=O) groups excluding carboxylic acids is 1. The number of ether oxygens (including phenoxy) is 1. The number of rotatable bonds is 5. The molecule has 0 spiro atoms. The number of thiocarbonyl (C=S) groups is 1. The second kappa shape index (κ2) is 8.11. The molecule has 138 valence electrons. The molecule has 0 unspecified atom stereocenters. The van der Waals surface area contributed by atoms with E-state index < -0.39 is 22.7 Å². The number of non-ortho nitro benzene ring substituents is 1. The Hall–Kier alpha value is -2.42. The van der Waals surface area contributed by atoms with Crippen LogP contribution in [0.25, 0.3) is 0 Å². The number of nitrogens with two attached hydrogens (primary N) is 1. The van der Waals surface area contributed by atoms with E-state index in [1.54, 1.807) is 20.8 Å². The quantitative estimate of drug-likeness (QED) is 0.315. The molecule has 0 bridgehead atoms. The lowest BCUT2D eigenvalue weighted by atomic mass is 10.0. The Morgan fingerprint density at radius 2 is 1.96 bits per heavy atom. The third-order valence-corrected chi connectivity index (χ3v) is 3.48. The maximum absolute atomic E-state index is 12.0. The van der Waals surface area contributed by atoms with Crippen molar-refractivity contribution in [2.24, 2.45) is 5.92 Å². The molecule has 0 heterocycles. The third-order valence-electron chi connectivity index (χ3n) is 3.13. The fourth-order valence-corrected chi connectivity index (χ4v) is 2.39. The predicted molar refractivity (Wildman–Crippen MR) is 102 cm³/mol. The van der Waals surface area contributed by atoms with Crippen LogP contribution in [0.4, 0.5) is 21.9 Å². The van der Waals surface area contributed by atoms with Crippen LogP contribution in [0.15, 0.2) is 18.2 Å². The van der Waals surface area contributed by atoms with E-state index in [0.717, 1.165) is 0 Å². The highest BCUT2D eigenvalue weighted by atomic mass is 32.1. The number of carbonyl (C=O) groups is 1. The molecule has 0 aliphatic carbocycles. The zero-order valence-electron chi connectivity index (χ0n) is 15.0. The molecule has 0 saturated heterocycles. The largest absolute Gasteiger partial charge is 0.444 e. The van der Waals surface area contributed by atoms with Crippen molar-refractivity contribution in [1.82, 2.24) is 5.32 Å². The summed E-state index contributed by atoms with van der Waals surface area (Å²) < 4.78 is 5.24. The highest BCUT2D eigenvalue weighted by molar-refractivity contribution is 7.80. The molecule has 0 saturated carbocycles. The van der Waals surface area contributed by atoms with E-state index in [9.17, 15) is 14.9 Å². The lowest BCUT2D eigenvalue weighted by Gasteiger charge is -2.27. The van der Waals surface area contributed by atoms with E-state index in [1.807, 2.05) is 13.8 Å². The van der Waals surface area contributed by atoms with Gasteiger partial charge in [0.2, 0.25) is 0 Å². The summed E-state index contributed by atoms with van der Waals surface area (Å²) in [6, 6.07) is 3.51. The van der Waals surface area contributed by atoms with Crippen LogP contribution in [-0.2, 0) is 4.74 Å². The lowest BCUT2D eigenvalue weighted by molar-refractivity contribution is -0.384. The van der Waals surface area contributed by atoms with E-state index in [0.29, 0.717) is 11.4 Å². The molecule has 0 aromatic heterocycles. The molecule has 0 aliphatic rings. The number of hydrogen-bond donors (Lipinski definition) is 3. The summed E-state index contributed by atoms with van der Waals surface area (Å²) in [6.45, 7) is 9.05. The van der Waals surface area contributed by atoms with Crippen molar-refractivity contribution in [1.29, 1.82) is 0 Å². The second-order valence-corrected chi connectivity index (χ2v) is 7.33. The zero-order valence-corrected chi connectivity index (χ0v) is 15.8. The number of nitrogens with one attached hydrogen (secondary N) is 2. The molecule has 1 atom stereocenters. The highest BCUT2D eigenvalue weighted by Gasteiger charge is 2.25. The van der Waals surface area contributed by atoms with E-state index in [1.165, 1.54) is 18.2 Å². The topological polar surface area (TPSA) is 120 Å². The maximum Gasteiger partial charge on any atom is 0.408 e. The van der Waals surface area contributed by atoms with Crippen LogP contribution >= 0.6 is 12.2 Å². The first-order valence-corrected chi connectivity index (χ1v) is 8.16. The number of nitro benzene ring substituents is 1. The summed E-state index contributed by atoms with van der Waals surface area (Å²) in [7, 11) is 0. The van der Waals surface area contributed by atoms with E-state index in [-0.39, 0.29) is 16.6 Å². The summed E-state index contributed by atoms with van der Waals surface area (Å²) in [5.74, 6) is -0.0348. The molecular weight excluding hydrogens is 344 g/mol. The van der Waals surface area contributed by atoms with Gasteiger partial charge in [-0.15, -0.1) is 0 Å². The minimum atomic E-state index is -0.634. The van der Waals surface area contributed by atoms with Crippen molar-refractivity contribution in [3.8, 4) is 0 Å². The number of amides is 1. The number of alkyl carbamates (subject to hydrolysis) is 1. The first kappa shape index (κ1) is 20.6. The van der Waals surface area contributed by atoms with Gasteiger partial charge in [-0.3, -0.25) is 10.1 Å². The fraction of sp³-hybridized carbons (Fsp3) is 0.500. The molecule has 1 aromatic rings. The second-order valence-electron chi connectivity index (χ2n) is 6.89. The molecule has 25 heavy (non-hydrogen) atoms. The lowest BCUT2D eigenvalue weighted by Crippen LogP contribution is -2.48. The Balaban J connectivity index is 2.92. The van der Waals surface area contributed by atoms with Crippen LogP contribution in [0.3, 0.4) is 0 Å². The Bertz CT molecular complexity index is 671. The van der Waals surface area contributed by atoms with Gasteiger partial charge >= 0.3 is 6.09 Å². The Labute approximate surface area is 152 Å². The maximum atomic E-state index is 12.0.